The van der Waals surface area contributed by atoms with Crippen LogP contribution in [0.1, 0.15) is 40.0 Å². The Hall–Kier alpha value is 0.480. The van der Waals surface area contributed by atoms with E-state index in [0.717, 1.165) is 10.7 Å². The lowest BCUT2D eigenvalue weighted by molar-refractivity contribution is 0.544. The predicted molar refractivity (Wildman–Crippen MR) is 47.1 cm³/mol. The predicted octanol–water partition coefficient (Wildman–Crippen LogP) is 3.60. The van der Waals surface area contributed by atoms with Gasteiger partial charge in [-0.25, -0.2) is 0 Å². The third-order valence-electron chi connectivity index (χ3n) is 1.50. The maximum Gasteiger partial charge on any atom is 0.0143 e. The average Bonchev–Trinajstić information content (AvgIpc) is 1.83. The Bertz CT molecular complexity index is 59.6. The third kappa shape index (κ3) is 6.36. The van der Waals surface area contributed by atoms with E-state index in [1.54, 1.807) is 0 Å². The normalized spacial score (nSPS) is 14.3. The molecule has 0 aliphatic heterocycles. The van der Waals surface area contributed by atoms with Gasteiger partial charge in [-0.3, -0.25) is 0 Å². The van der Waals surface area contributed by atoms with Crippen LogP contribution in [0.2, 0.25) is 0 Å². The van der Waals surface area contributed by atoms with Crippen LogP contribution in [0.25, 0.3) is 0 Å². The van der Waals surface area contributed by atoms with Crippen molar-refractivity contribution in [1.29, 1.82) is 0 Å². The second kappa shape index (κ2) is 5.28. The molecule has 0 saturated heterocycles. The number of hydrogen-bond donors (Lipinski definition) is 0. The fraction of sp³-hybridized carbons (Fsp3) is 1.00. The SMILES string of the molecule is CCC(Br)CCC(C)C. The van der Waals surface area contributed by atoms with Gasteiger partial charge in [0.05, 0.1) is 0 Å². The second-order valence-corrected chi connectivity index (χ2v) is 4.27. The zero-order chi connectivity index (χ0) is 7.28. The summed E-state index contributed by atoms with van der Waals surface area (Å²) in [4.78, 5) is 0.750. The van der Waals surface area contributed by atoms with Gasteiger partial charge in [0, 0.05) is 4.83 Å². The van der Waals surface area contributed by atoms with Crippen molar-refractivity contribution in [2.45, 2.75) is 44.9 Å². The van der Waals surface area contributed by atoms with Crippen LogP contribution in [-0.4, -0.2) is 4.83 Å². The first-order chi connectivity index (χ1) is 4.16. The van der Waals surface area contributed by atoms with E-state index in [0.29, 0.717) is 0 Å². The summed E-state index contributed by atoms with van der Waals surface area (Å²) >= 11 is 3.61. The monoisotopic (exact) mass is 192 g/mol. The largest absolute Gasteiger partial charge is 0.0891 e. The van der Waals surface area contributed by atoms with E-state index >= 15 is 0 Å². The van der Waals surface area contributed by atoms with Crippen LogP contribution in [0.4, 0.5) is 0 Å². The van der Waals surface area contributed by atoms with E-state index in [4.69, 9.17) is 0 Å². The minimum Gasteiger partial charge on any atom is -0.0891 e. The maximum atomic E-state index is 3.61. The van der Waals surface area contributed by atoms with Gasteiger partial charge in [-0.1, -0.05) is 36.7 Å². The molecule has 0 bridgehead atoms. The highest BCUT2D eigenvalue weighted by molar-refractivity contribution is 9.09. The summed E-state index contributed by atoms with van der Waals surface area (Å²) in [5.74, 6) is 0.858. The molecule has 0 nitrogen and oxygen atoms in total. The van der Waals surface area contributed by atoms with Gasteiger partial charge in [-0.15, -0.1) is 0 Å². The maximum absolute atomic E-state index is 3.61. The zero-order valence-corrected chi connectivity index (χ0v) is 8.24. The molecule has 0 rings (SSSR count). The van der Waals surface area contributed by atoms with Gasteiger partial charge in [0.2, 0.25) is 0 Å². The molecule has 0 aromatic rings. The minimum absolute atomic E-state index is 0.750. The van der Waals surface area contributed by atoms with E-state index in [1.807, 2.05) is 0 Å². The van der Waals surface area contributed by atoms with Crippen molar-refractivity contribution in [1.82, 2.24) is 0 Å². The van der Waals surface area contributed by atoms with E-state index in [9.17, 15) is 0 Å². The highest BCUT2D eigenvalue weighted by Crippen LogP contribution is 2.15. The Kier molecular flexibility index (Phi) is 5.56. The fourth-order valence-corrected chi connectivity index (χ4v) is 0.983. The Morgan fingerprint density at radius 3 is 2.11 bits per heavy atom. The standard InChI is InChI=1S/C8H17Br/c1-4-8(9)6-5-7(2)3/h7-8H,4-6H2,1-3H3. The summed E-state index contributed by atoms with van der Waals surface area (Å²) in [5, 5.41) is 0. The van der Waals surface area contributed by atoms with Gasteiger partial charge < -0.3 is 0 Å². The molecule has 0 aromatic carbocycles. The molecule has 0 amide bonds. The first-order valence-corrected chi connectivity index (χ1v) is 4.72. The van der Waals surface area contributed by atoms with E-state index in [1.165, 1.54) is 19.3 Å². The highest BCUT2D eigenvalue weighted by Gasteiger charge is 2.01. The van der Waals surface area contributed by atoms with E-state index in [-0.39, 0.29) is 0 Å². The molecular weight excluding hydrogens is 176 g/mol. The summed E-state index contributed by atoms with van der Waals surface area (Å²) in [5.41, 5.74) is 0. The molecule has 0 saturated carbocycles. The molecule has 1 atom stereocenters. The number of halogens is 1. The van der Waals surface area contributed by atoms with Crippen molar-refractivity contribution in [2.75, 3.05) is 0 Å². The van der Waals surface area contributed by atoms with Gasteiger partial charge in [-0.05, 0) is 25.2 Å². The molecule has 56 valence electrons. The summed E-state index contributed by atoms with van der Waals surface area (Å²) in [6.07, 6.45) is 3.94. The Morgan fingerprint density at radius 2 is 1.78 bits per heavy atom. The molecule has 0 N–H and O–H groups in total. The van der Waals surface area contributed by atoms with Crippen molar-refractivity contribution < 1.29 is 0 Å². The van der Waals surface area contributed by atoms with Crippen LogP contribution in [0.15, 0.2) is 0 Å². The van der Waals surface area contributed by atoms with E-state index in [2.05, 4.69) is 36.7 Å². The lowest BCUT2D eigenvalue weighted by Crippen LogP contribution is -1.97. The topological polar surface area (TPSA) is 0 Å². The molecular formula is C8H17Br. The zero-order valence-electron chi connectivity index (χ0n) is 6.65. The van der Waals surface area contributed by atoms with E-state index < -0.39 is 0 Å². The molecule has 0 aliphatic rings. The summed E-state index contributed by atoms with van der Waals surface area (Å²) in [6.45, 7) is 6.77. The summed E-state index contributed by atoms with van der Waals surface area (Å²) in [6, 6.07) is 0. The molecule has 0 radical (unpaired) electrons. The fourth-order valence-electron chi connectivity index (χ4n) is 0.718. The molecule has 9 heavy (non-hydrogen) atoms. The van der Waals surface area contributed by atoms with Crippen molar-refractivity contribution in [3.63, 3.8) is 0 Å². The van der Waals surface area contributed by atoms with Gasteiger partial charge >= 0.3 is 0 Å². The molecule has 0 aliphatic carbocycles. The van der Waals surface area contributed by atoms with Gasteiger partial charge in [0.15, 0.2) is 0 Å². The van der Waals surface area contributed by atoms with Crippen molar-refractivity contribution in [3.05, 3.63) is 0 Å². The van der Waals surface area contributed by atoms with Crippen LogP contribution in [-0.2, 0) is 0 Å². The quantitative estimate of drug-likeness (QED) is 0.598. The average molecular weight is 193 g/mol. The van der Waals surface area contributed by atoms with Crippen LogP contribution in [0.3, 0.4) is 0 Å². The lowest BCUT2D eigenvalue weighted by atomic mass is 10.1. The lowest BCUT2D eigenvalue weighted by Gasteiger charge is -2.07. The molecule has 0 fully saturated rings. The Balaban J connectivity index is 3.06. The Morgan fingerprint density at radius 1 is 1.22 bits per heavy atom. The van der Waals surface area contributed by atoms with Crippen molar-refractivity contribution in [3.8, 4) is 0 Å². The van der Waals surface area contributed by atoms with Crippen LogP contribution in [0, 0.1) is 5.92 Å². The molecule has 1 heteroatoms. The second-order valence-electron chi connectivity index (χ2n) is 2.98. The number of hydrogen-bond acceptors (Lipinski definition) is 0. The molecule has 0 spiro atoms. The number of rotatable bonds is 4. The molecule has 0 heterocycles. The van der Waals surface area contributed by atoms with Gasteiger partial charge in [-0.2, -0.15) is 0 Å². The van der Waals surface area contributed by atoms with Gasteiger partial charge in [0.1, 0.15) is 0 Å². The van der Waals surface area contributed by atoms with Crippen LogP contribution < -0.4 is 0 Å². The third-order valence-corrected chi connectivity index (χ3v) is 2.61. The van der Waals surface area contributed by atoms with Crippen LogP contribution >= 0.6 is 15.9 Å². The summed E-state index contributed by atoms with van der Waals surface area (Å²) < 4.78 is 0. The first kappa shape index (κ1) is 9.48. The smallest absolute Gasteiger partial charge is 0.0143 e. The summed E-state index contributed by atoms with van der Waals surface area (Å²) in [7, 11) is 0. The van der Waals surface area contributed by atoms with Crippen LogP contribution in [0.5, 0.6) is 0 Å². The first-order valence-electron chi connectivity index (χ1n) is 3.80. The highest BCUT2D eigenvalue weighted by atomic mass is 79.9. The van der Waals surface area contributed by atoms with Crippen molar-refractivity contribution >= 4 is 15.9 Å². The molecule has 1 unspecified atom stereocenters. The Labute approximate surface area is 67.2 Å². The van der Waals surface area contributed by atoms with Gasteiger partial charge in [0.25, 0.3) is 0 Å². The van der Waals surface area contributed by atoms with Crippen molar-refractivity contribution in [2.24, 2.45) is 5.92 Å². The number of alkyl halides is 1. The minimum atomic E-state index is 0.750. The molecule has 0 aromatic heterocycles.